The summed E-state index contributed by atoms with van der Waals surface area (Å²) in [5, 5.41) is 8.38. The van der Waals surface area contributed by atoms with Crippen molar-refractivity contribution in [2.45, 2.75) is 59.7 Å². The molecule has 0 saturated carbocycles. The maximum Gasteiger partial charge on any atom is 0.223 e. The zero-order valence-corrected chi connectivity index (χ0v) is 16.6. The van der Waals surface area contributed by atoms with E-state index >= 15 is 0 Å². The highest BCUT2D eigenvalue weighted by Crippen LogP contribution is 2.42. The molecule has 7 heteroatoms. The van der Waals surface area contributed by atoms with Gasteiger partial charge in [-0.1, -0.05) is 5.16 Å². The van der Waals surface area contributed by atoms with E-state index in [0.29, 0.717) is 13.0 Å². The molecule has 1 spiro atoms. The summed E-state index contributed by atoms with van der Waals surface area (Å²) in [5.41, 5.74) is 3.37. The lowest BCUT2D eigenvalue weighted by Crippen LogP contribution is -2.41. The van der Waals surface area contributed by atoms with Gasteiger partial charge in [-0.2, -0.15) is 5.10 Å². The van der Waals surface area contributed by atoms with Crippen molar-refractivity contribution in [2.75, 3.05) is 19.6 Å². The smallest absolute Gasteiger partial charge is 0.223 e. The standard InChI is InChI=1S/C20H29N5O2/c1-4-25-12-17(10-21-25)11-23-7-5-20(6-8-23)9-19(26)24(14-20)13-18-15(2)22-27-16(18)3/h10,12H,4-9,11,13-14H2,1-3H3. The van der Waals surface area contributed by atoms with Crippen LogP contribution in [0.25, 0.3) is 0 Å². The summed E-state index contributed by atoms with van der Waals surface area (Å²) in [6.45, 7) is 11.4. The fraction of sp³-hybridized carbons (Fsp3) is 0.650. The van der Waals surface area contributed by atoms with Crippen LogP contribution in [0.15, 0.2) is 16.9 Å². The number of aryl methyl sites for hydroxylation is 3. The Labute approximate surface area is 160 Å². The second-order valence-corrected chi connectivity index (χ2v) is 8.21. The van der Waals surface area contributed by atoms with Crippen LogP contribution in [0.2, 0.25) is 0 Å². The predicted molar refractivity (Wildman–Crippen MR) is 101 cm³/mol. The number of likely N-dealkylation sites (tertiary alicyclic amines) is 2. The van der Waals surface area contributed by atoms with E-state index in [1.165, 1.54) is 5.56 Å². The van der Waals surface area contributed by atoms with Crippen molar-refractivity contribution in [3.63, 3.8) is 0 Å². The number of aromatic nitrogens is 3. The summed E-state index contributed by atoms with van der Waals surface area (Å²) in [6, 6.07) is 0. The lowest BCUT2D eigenvalue weighted by atomic mass is 9.77. The number of nitrogens with zero attached hydrogens (tertiary/aromatic N) is 5. The number of amides is 1. The molecule has 0 bridgehead atoms. The molecule has 0 aliphatic carbocycles. The first-order chi connectivity index (χ1) is 13.0. The van der Waals surface area contributed by atoms with Gasteiger partial charge in [-0.3, -0.25) is 14.4 Å². The van der Waals surface area contributed by atoms with Crippen molar-refractivity contribution >= 4 is 5.91 Å². The Morgan fingerprint density at radius 2 is 2.00 bits per heavy atom. The minimum Gasteiger partial charge on any atom is -0.361 e. The summed E-state index contributed by atoms with van der Waals surface area (Å²) in [4.78, 5) is 17.2. The normalized spacial score (nSPS) is 20.1. The quantitative estimate of drug-likeness (QED) is 0.808. The Balaban J connectivity index is 1.35. The second-order valence-electron chi connectivity index (χ2n) is 8.21. The van der Waals surface area contributed by atoms with Crippen molar-refractivity contribution in [1.82, 2.24) is 24.7 Å². The van der Waals surface area contributed by atoms with E-state index in [1.807, 2.05) is 29.6 Å². The average molecular weight is 371 g/mol. The zero-order valence-electron chi connectivity index (χ0n) is 16.6. The van der Waals surface area contributed by atoms with Gasteiger partial charge >= 0.3 is 0 Å². The molecule has 0 atom stereocenters. The minimum atomic E-state index is 0.139. The number of piperidine rings is 1. The Hall–Kier alpha value is -2.15. The first-order valence-electron chi connectivity index (χ1n) is 9.91. The molecule has 2 aromatic heterocycles. The number of carbonyl (C=O) groups is 1. The first kappa shape index (κ1) is 18.2. The molecule has 0 radical (unpaired) electrons. The Morgan fingerprint density at radius 3 is 2.63 bits per heavy atom. The highest BCUT2D eigenvalue weighted by atomic mass is 16.5. The van der Waals surface area contributed by atoms with Gasteiger partial charge in [0.25, 0.3) is 0 Å². The van der Waals surface area contributed by atoms with Crippen LogP contribution in [0.4, 0.5) is 0 Å². The molecule has 4 heterocycles. The molecular weight excluding hydrogens is 342 g/mol. The molecule has 7 nitrogen and oxygen atoms in total. The van der Waals surface area contributed by atoms with Gasteiger partial charge in [0.2, 0.25) is 5.91 Å². The fourth-order valence-corrected chi connectivity index (χ4v) is 4.48. The molecule has 4 rings (SSSR count). The number of hydrogen-bond donors (Lipinski definition) is 0. The third kappa shape index (κ3) is 3.65. The Bertz CT molecular complexity index is 797. The van der Waals surface area contributed by atoms with Crippen LogP contribution < -0.4 is 0 Å². The molecule has 0 unspecified atom stereocenters. The van der Waals surface area contributed by atoms with Gasteiger partial charge < -0.3 is 9.42 Å². The topological polar surface area (TPSA) is 67.4 Å². The fourth-order valence-electron chi connectivity index (χ4n) is 4.48. The molecule has 2 aromatic rings. The highest BCUT2D eigenvalue weighted by molar-refractivity contribution is 5.79. The molecule has 2 aliphatic rings. The Kier molecular flexibility index (Phi) is 4.80. The SMILES string of the molecule is CCn1cc(CN2CCC3(CC2)CC(=O)N(Cc2c(C)noc2C)C3)cn1. The lowest BCUT2D eigenvalue weighted by molar-refractivity contribution is -0.128. The van der Waals surface area contributed by atoms with Gasteiger partial charge in [-0.25, -0.2) is 0 Å². The monoisotopic (exact) mass is 371 g/mol. The maximum absolute atomic E-state index is 12.7. The van der Waals surface area contributed by atoms with Crippen LogP contribution in [-0.4, -0.2) is 50.3 Å². The van der Waals surface area contributed by atoms with E-state index in [9.17, 15) is 4.79 Å². The van der Waals surface area contributed by atoms with Gasteiger partial charge in [0.1, 0.15) is 5.76 Å². The van der Waals surface area contributed by atoms with Gasteiger partial charge in [0, 0.05) is 43.4 Å². The molecule has 2 aliphatic heterocycles. The third-order valence-corrected chi connectivity index (χ3v) is 6.27. The number of carbonyl (C=O) groups excluding carboxylic acids is 1. The van der Waals surface area contributed by atoms with E-state index in [-0.39, 0.29) is 11.3 Å². The summed E-state index contributed by atoms with van der Waals surface area (Å²) in [7, 11) is 0. The summed E-state index contributed by atoms with van der Waals surface area (Å²) in [5.74, 6) is 1.09. The van der Waals surface area contributed by atoms with Crippen molar-refractivity contribution < 1.29 is 9.32 Å². The molecule has 1 amide bonds. The van der Waals surface area contributed by atoms with Crippen molar-refractivity contribution in [2.24, 2.45) is 5.41 Å². The van der Waals surface area contributed by atoms with Crippen LogP contribution in [0, 0.1) is 19.3 Å². The van der Waals surface area contributed by atoms with Crippen LogP contribution >= 0.6 is 0 Å². The minimum absolute atomic E-state index is 0.139. The second kappa shape index (κ2) is 7.11. The van der Waals surface area contributed by atoms with Crippen molar-refractivity contribution in [3.8, 4) is 0 Å². The highest BCUT2D eigenvalue weighted by Gasteiger charge is 2.45. The van der Waals surface area contributed by atoms with E-state index < -0.39 is 0 Å². The molecule has 2 saturated heterocycles. The van der Waals surface area contributed by atoms with Crippen LogP contribution in [0.3, 0.4) is 0 Å². The summed E-state index contributed by atoms with van der Waals surface area (Å²) < 4.78 is 7.23. The third-order valence-electron chi connectivity index (χ3n) is 6.27. The average Bonchev–Trinajstić information content (AvgIpc) is 3.32. The van der Waals surface area contributed by atoms with Crippen LogP contribution in [0.1, 0.15) is 48.8 Å². The van der Waals surface area contributed by atoms with Crippen LogP contribution in [-0.2, 0) is 24.4 Å². The Morgan fingerprint density at radius 1 is 1.22 bits per heavy atom. The first-order valence-corrected chi connectivity index (χ1v) is 9.91. The maximum atomic E-state index is 12.7. The molecule has 0 aromatic carbocycles. The van der Waals surface area contributed by atoms with Gasteiger partial charge in [-0.05, 0) is 52.1 Å². The van der Waals surface area contributed by atoms with Gasteiger partial charge in [0.05, 0.1) is 18.4 Å². The van der Waals surface area contributed by atoms with Gasteiger partial charge in [0.15, 0.2) is 0 Å². The number of hydrogen-bond acceptors (Lipinski definition) is 5. The molecule has 2 fully saturated rings. The summed E-state index contributed by atoms with van der Waals surface area (Å²) >= 11 is 0. The van der Waals surface area contributed by atoms with E-state index in [0.717, 1.165) is 62.6 Å². The van der Waals surface area contributed by atoms with Crippen LogP contribution in [0.5, 0.6) is 0 Å². The molecular formula is C20H29N5O2. The molecule has 146 valence electrons. The largest absolute Gasteiger partial charge is 0.361 e. The van der Waals surface area contributed by atoms with Gasteiger partial charge in [-0.15, -0.1) is 0 Å². The lowest BCUT2D eigenvalue weighted by Gasteiger charge is -2.38. The molecule has 0 N–H and O–H groups in total. The predicted octanol–water partition coefficient (Wildman–Crippen LogP) is 2.52. The van der Waals surface area contributed by atoms with E-state index in [4.69, 9.17) is 4.52 Å². The van der Waals surface area contributed by atoms with E-state index in [2.05, 4.69) is 28.3 Å². The van der Waals surface area contributed by atoms with E-state index in [1.54, 1.807) is 0 Å². The van der Waals surface area contributed by atoms with Crippen molar-refractivity contribution in [1.29, 1.82) is 0 Å². The molecule has 27 heavy (non-hydrogen) atoms. The van der Waals surface area contributed by atoms with Crippen molar-refractivity contribution in [3.05, 3.63) is 35.0 Å². The summed E-state index contributed by atoms with van der Waals surface area (Å²) in [6.07, 6.45) is 6.95. The zero-order chi connectivity index (χ0) is 19.0. The number of rotatable bonds is 5.